The topological polar surface area (TPSA) is 87.9 Å². The molecule has 2 fully saturated rings. The van der Waals surface area contributed by atoms with Gasteiger partial charge in [-0.15, -0.1) is 0 Å². The third kappa shape index (κ3) is 6.77. The van der Waals surface area contributed by atoms with Gasteiger partial charge in [0, 0.05) is 43.2 Å². The summed E-state index contributed by atoms with van der Waals surface area (Å²) in [6.45, 7) is 8.63. The highest BCUT2D eigenvalue weighted by atomic mass is 16.5. The third-order valence-corrected chi connectivity index (χ3v) is 6.94. The van der Waals surface area contributed by atoms with Crippen LogP contribution in [-0.4, -0.2) is 59.7 Å². The molecule has 8 nitrogen and oxygen atoms in total. The lowest BCUT2D eigenvalue weighted by Gasteiger charge is -2.34. The van der Waals surface area contributed by atoms with Crippen LogP contribution < -0.4 is 10.1 Å². The minimum Gasteiger partial charge on any atom is -0.494 e. The summed E-state index contributed by atoms with van der Waals surface area (Å²) in [6, 6.07) is 8.96. The predicted octanol–water partition coefficient (Wildman–Crippen LogP) is 5.31. The van der Waals surface area contributed by atoms with Gasteiger partial charge in [0.15, 0.2) is 5.82 Å². The number of nitrogens with one attached hydrogen (secondary N) is 1. The van der Waals surface area contributed by atoms with E-state index < -0.39 is 0 Å². The van der Waals surface area contributed by atoms with E-state index in [-0.39, 0.29) is 17.4 Å². The number of nitrogens with zero attached hydrogens (tertiary/aromatic N) is 3. The van der Waals surface area contributed by atoms with Crippen LogP contribution in [-0.2, 0) is 5.41 Å². The van der Waals surface area contributed by atoms with Crippen LogP contribution in [0.5, 0.6) is 5.75 Å². The second-order valence-electron chi connectivity index (χ2n) is 10.7. The third-order valence-electron chi connectivity index (χ3n) is 6.94. The maximum Gasteiger partial charge on any atom is 0.323 e. The van der Waals surface area contributed by atoms with Gasteiger partial charge in [-0.1, -0.05) is 64.1 Å². The predicted molar refractivity (Wildman–Crippen MR) is 135 cm³/mol. The van der Waals surface area contributed by atoms with Gasteiger partial charge >= 0.3 is 6.03 Å². The highest BCUT2D eigenvalue weighted by Crippen LogP contribution is 2.27. The van der Waals surface area contributed by atoms with Crippen molar-refractivity contribution in [3.8, 4) is 5.75 Å². The molecule has 1 aliphatic carbocycles. The van der Waals surface area contributed by atoms with Crippen molar-refractivity contribution in [2.24, 2.45) is 5.92 Å². The Morgan fingerprint density at radius 3 is 2.46 bits per heavy atom. The smallest absolute Gasteiger partial charge is 0.323 e. The van der Waals surface area contributed by atoms with Crippen molar-refractivity contribution in [1.29, 1.82) is 0 Å². The van der Waals surface area contributed by atoms with Gasteiger partial charge in [-0.25, -0.2) is 4.79 Å². The Labute approximate surface area is 208 Å². The highest BCUT2D eigenvalue weighted by molar-refractivity contribution is 5.95. The molecule has 0 bridgehead atoms. The Balaban J connectivity index is 1.24. The maximum absolute atomic E-state index is 13.1. The largest absolute Gasteiger partial charge is 0.494 e. The molecule has 4 rings (SSSR count). The van der Waals surface area contributed by atoms with Crippen LogP contribution in [0.1, 0.15) is 75.4 Å². The van der Waals surface area contributed by atoms with Crippen molar-refractivity contribution in [2.75, 3.05) is 38.1 Å². The van der Waals surface area contributed by atoms with Crippen molar-refractivity contribution < 1.29 is 18.8 Å². The molecule has 1 aromatic carbocycles. The molecule has 2 aliphatic rings. The van der Waals surface area contributed by atoms with E-state index >= 15 is 0 Å². The Bertz CT molecular complexity index is 999. The number of carbonyl (C=O) groups is 2. The second-order valence-corrected chi connectivity index (χ2v) is 10.7. The number of rotatable bonds is 6. The van der Waals surface area contributed by atoms with Crippen LogP contribution in [0.4, 0.5) is 10.6 Å². The molecule has 0 spiro atoms. The van der Waals surface area contributed by atoms with Crippen molar-refractivity contribution >= 4 is 17.8 Å². The van der Waals surface area contributed by atoms with Crippen molar-refractivity contribution in [3.63, 3.8) is 0 Å². The minimum atomic E-state index is -0.237. The molecule has 1 aromatic heterocycles. The second kappa shape index (κ2) is 11.1. The standard InChI is InChI=1S/C27H38N4O4/c1-27(2,3)23-19-24(29-35-23)28-26(33)31-15-13-30(14-16-31)25(32)21-10-7-11-22(18-21)34-17-12-20-8-5-4-6-9-20/h7,10-11,18-20H,4-6,8-9,12-17H2,1-3H3,(H,28,29,33). The molecule has 1 N–H and O–H groups in total. The number of urea groups is 1. The first-order chi connectivity index (χ1) is 16.8. The Morgan fingerprint density at radius 2 is 1.77 bits per heavy atom. The fraction of sp³-hybridized carbons (Fsp3) is 0.593. The monoisotopic (exact) mass is 482 g/mol. The Kier molecular flexibility index (Phi) is 7.98. The van der Waals surface area contributed by atoms with E-state index in [1.165, 1.54) is 32.1 Å². The van der Waals surface area contributed by atoms with Crippen molar-refractivity contribution in [1.82, 2.24) is 15.0 Å². The number of piperazine rings is 1. The molecule has 0 unspecified atom stereocenters. The van der Waals surface area contributed by atoms with Crippen LogP contribution in [0.2, 0.25) is 0 Å². The van der Waals surface area contributed by atoms with Crippen molar-refractivity contribution in [2.45, 2.75) is 64.7 Å². The van der Waals surface area contributed by atoms with Gasteiger partial charge in [-0.05, 0) is 30.5 Å². The van der Waals surface area contributed by atoms with Crippen LogP contribution in [0, 0.1) is 5.92 Å². The molecule has 2 aromatic rings. The van der Waals surface area contributed by atoms with Gasteiger partial charge in [-0.3, -0.25) is 10.1 Å². The van der Waals surface area contributed by atoms with E-state index in [2.05, 4.69) is 10.5 Å². The lowest BCUT2D eigenvalue weighted by atomic mass is 9.87. The lowest BCUT2D eigenvalue weighted by Crippen LogP contribution is -2.51. The van der Waals surface area contributed by atoms with Gasteiger partial charge in [0.05, 0.1) is 6.61 Å². The number of benzene rings is 1. The molecule has 0 radical (unpaired) electrons. The van der Waals surface area contributed by atoms with Crippen LogP contribution in [0.25, 0.3) is 0 Å². The van der Waals surface area contributed by atoms with Gasteiger partial charge in [-0.2, -0.15) is 0 Å². The van der Waals surface area contributed by atoms with Crippen molar-refractivity contribution in [3.05, 3.63) is 41.7 Å². The number of anilines is 1. The summed E-state index contributed by atoms with van der Waals surface area (Å²) in [5.74, 6) is 2.59. The first-order valence-electron chi connectivity index (χ1n) is 12.8. The molecule has 8 heteroatoms. The number of amides is 3. The van der Waals surface area contributed by atoms with Gasteiger partial charge in [0.25, 0.3) is 5.91 Å². The summed E-state index contributed by atoms with van der Waals surface area (Å²) < 4.78 is 11.3. The fourth-order valence-electron chi connectivity index (χ4n) is 4.71. The zero-order valence-electron chi connectivity index (χ0n) is 21.2. The van der Waals surface area contributed by atoms with E-state index in [0.29, 0.717) is 49.9 Å². The van der Waals surface area contributed by atoms with E-state index in [1.807, 2.05) is 45.0 Å². The molecule has 0 atom stereocenters. The summed E-state index contributed by atoms with van der Waals surface area (Å²) in [6.07, 6.45) is 7.73. The number of carbonyl (C=O) groups excluding carboxylic acids is 2. The summed E-state index contributed by atoms with van der Waals surface area (Å²) in [5, 5.41) is 6.74. The van der Waals surface area contributed by atoms with E-state index in [4.69, 9.17) is 9.26 Å². The zero-order chi connectivity index (χ0) is 24.8. The molecular weight excluding hydrogens is 444 g/mol. The molecule has 190 valence electrons. The average molecular weight is 483 g/mol. The zero-order valence-corrected chi connectivity index (χ0v) is 21.2. The summed E-state index contributed by atoms with van der Waals surface area (Å²) in [4.78, 5) is 29.2. The van der Waals surface area contributed by atoms with E-state index in [1.54, 1.807) is 15.9 Å². The number of aromatic nitrogens is 1. The first-order valence-corrected chi connectivity index (χ1v) is 12.8. The normalized spacial score (nSPS) is 17.3. The summed E-state index contributed by atoms with van der Waals surface area (Å²) in [7, 11) is 0. The molecule has 1 aliphatic heterocycles. The number of ether oxygens (including phenoxy) is 1. The van der Waals surface area contributed by atoms with Crippen LogP contribution in [0.3, 0.4) is 0 Å². The van der Waals surface area contributed by atoms with Gasteiger partial charge < -0.3 is 19.1 Å². The van der Waals surface area contributed by atoms with E-state index in [0.717, 1.165) is 18.1 Å². The first kappa shape index (κ1) is 25.1. The molecule has 3 amide bonds. The molecule has 1 saturated carbocycles. The average Bonchev–Trinajstić information content (AvgIpc) is 3.34. The lowest BCUT2D eigenvalue weighted by molar-refractivity contribution is 0.0671. The van der Waals surface area contributed by atoms with Crippen LogP contribution >= 0.6 is 0 Å². The maximum atomic E-state index is 13.1. The van der Waals surface area contributed by atoms with E-state index in [9.17, 15) is 9.59 Å². The fourth-order valence-corrected chi connectivity index (χ4v) is 4.71. The highest BCUT2D eigenvalue weighted by Gasteiger charge is 2.26. The Morgan fingerprint density at radius 1 is 1.06 bits per heavy atom. The van der Waals surface area contributed by atoms with Gasteiger partial charge in [0.1, 0.15) is 11.5 Å². The summed E-state index contributed by atoms with van der Waals surface area (Å²) >= 11 is 0. The Hall–Kier alpha value is -3.03. The molecular formula is C27H38N4O4. The minimum absolute atomic E-state index is 0.0332. The van der Waals surface area contributed by atoms with Gasteiger partial charge in [0.2, 0.25) is 0 Å². The SMILES string of the molecule is CC(C)(C)c1cc(NC(=O)N2CCN(C(=O)c3cccc(OCCC4CCCCC4)c3)CC2)no1. The number of hydrogen-bond donors (Lipinski definition) is 1. The quantitative estimate of drug-likeness (QED) is 0.603. The molecule has 35 heavy (non-hydrogen) atoms. The molecule has 1 saturated heterocycles. The van der Waals surface area contributed by atoms with Crippen LogP contribution in [0.15, 0.2) is 34.9 Å². The number of hydrogen-bond acceptors (Lipinski definition) is 5. The molecule has 2 heterocycles. The summed E-state index contributed by atoms with van der Waals surface area (Å²) in [5.41, 5.74) is 0.440.